The van der Waals surface area contributed by atoms with Gasteiger partial charge >= 0.3 is 0 Å². The van der Waals surface area contributed by atoms with Gasteiger partial charge in [-0.05, 0) is 114 Å². The molecule has 49 heavy (non-hydrogen) atoms. The molecule has 0 saturated carbocycles. The molecule has 1 heteroatoms. The third-order valence-corrected chi connectivity index (χ3v) is 11.6. The summed E-state index contributed by atoms with van der Waals surface area (Å²) in [4.78, 5) is 2.48. The van der Waals surface area contributed by atoms with Crippen molar-refractivity contribution < 1.29 is 0 Å². The summed E-state index contributed by atoms with van der Waals surface area (Å²) in [7, 11) is 0. The van der Waals surface area contributed by atoms with Gasteiger partial charge < -0.3 is 4.90 Å². The summed E-state index contributed by atoms with van der Waals surface area (Å²) in [6.07, 6.45) is 0. The highest BCUT2D eigenvalue weighted by Crippen LogP contribution is 2.53. The first-order valence-corrected chi connectivity index (χ1v) is 17.9. The van der Waals surface area contributed by atoms with Gasteiger partial charge in [0.05, 0.1) is 0 Å². The molecule has 0 aliphatic heterocycles. The number of nitrogens with zero attached hydrogens (tertiary/aromatic N) is 1. The van der Waals surface area contributed by atoms with Crippen molar-refractivity contribution in [3.8, 4) is 22.3 Å². The van der Waals surface area contributed by atoms with E-state index in [0.29, 0.717) is 0 Å². The van der Waals surface area contributed by atoms with Crippen LogP contribution in [0.15, 0.2) is 115 Å². The van der Waals surface area contributed by atoms with Crippen LogP contribution in [0.5, 0.6) is 0 Å². The van der Waals surface area contributed by atoms with Gasteiger partial charge in [0, 0.05) is 27.9 Å². The van der Waals surface area contributed by atoms with Crippen LogP contribution < -0.4 is 4.90 Å². The summed E-state index contributed by atoms with van der Waals surface area (Å²) in [6.45, 7) is 23.3. The minimum absolute atomic E-state index is 0.0767. The molecular formula is C48H49N. The smallest absolute Gasteiger partial charge is 0.0468 e. The van der Waals surface area contributed by atoms with E-state index in [2.05, 4.69) is 189 Å². The second-order valence-electron chi connectivity index (χ2n) is 17.6. The summed E-state index contributed by atoms with van der Waals surface area (Å²) in [5.41, 5.74) is 17.3. The lowest BCUT2D eigenvalue weighted by Crippen LogP contribution is -2.19. The Hall–Kier alpha value is -4.62. The maximum absolute atomic E-state index is 2.48. The lowest BCUT2D eigenvalue weighted by Gasteiger charge is -2.30. The molecular weight excluding hydrogens is 591 g/mol. The lowest BCUT2D eigenvalue weighted by molar-refractivity contribution is 0.584. The van der Waals surface area contributed by atoms with Crippen LogP contribution in [0, 0.1) is 0 Å². The zero-order valence-electron chi connectivity index (χ0n) is 30.9. The van der Waals surface area contributed by atoms with Crippen molar-refractivity contribution in [3.05, 3.63) is 149 Å². The fraction of sp³-hybridized carbons (Fsp3) is 0.292. The van der Waals surface area contributed by atoms with Crippen LogP contribution in [0.2, 0.25) is 0 Å². The van der Waals surface area contributed by atoms with E-state index in [9.17, 15) is 0 Å². The SMILES string of the molecule is CC(C)(C)c1ccc2c(c1)C(C)(C)c1cc(N(c3ccc4c(c3)C(C)(C)c3ccccc3-4)c3ccc4cc(C(C)(C)C)ccc4c3)ccc1-2. The molecule has 0 unspecified atom stereocenters. The minimum atomic E-state index is -0.109. The zero-order chi connectivity index (χ0) is 34.7. The quantitative estimate of drug-likeness (QED) is 0.186. The van der Waals surface area contributed by atoms with E-state index in [1.165, 1.54) is 83.5 Å². The number of fused-ring (bicyclic) bond motifs is 7. The third kappa shape index (κ3) is 4.88. The second kappa shape index (κ2) is 10.4. The van der Waals surface area contributed by atoms with E-state index in [4.69, 9.17) is 0 Å². The molecule has 0 saturated heterocycles. The Morgan fingerprint density at radius 3 is 1.41 bits per heavy atom. The Morgan fingerprint density at radius 1 is 0.388 bits per heavy atom. The van der Waals surface area contributed by atoms with E-state index in [0.717, 1.165) is 0 Å². The second-order valence-corrected chi connectivity index (χ2v) is 17.6. The number of hydrogen-bond donors (Lipinski definition) is 0. The first-order chi connectivity index (χ1) is 23.0. The molecule has 0 radical (unpaired) electrons. The van der Waals surface area contributed by atoms with Crippen LogP contribution in [0.1, 0.15) is 103 Å². The molecule has 0 spiro atoms. The van der Waals surface area contributed by atoms with Crippen molar-refractivity contribution >= 4 is 27.8 Å². The van der Waals surface area contributed by atoms with E-state index >= 15 is 0 Å². The number of rotatable bonds is 3. The van der Waals surface area contributed by atoms with Gasteiger partial charge in [-0.1, -0.05) is 148 Å². The lowest BCUT2D eigenvalue weighted by atomic mass is 9.79. The molecule has 0 N–H and O–H groups in total. The first kappa shape index (κ1) is 31.6. The Bertz CT molecular complexity index is 2300. The Morgan fingerprint density at radius 2 is 0.796 bits per heavy atom. The maximum atomic E-state index is 2.48. The molecule has 246 valence electrons. The Balaban J connectivity index is 1.31. The molecule has 2 aliphatic carbocycles. The molecule has 0 atom stereocenters. The molecule has 6 aromatic rings. The normalized spacial score (nSPS) is 15.5. The van der Waals surface area contributed by atoms with Crippen LogP contribution in [0.4, 0.5) is 17.1 Å². The molecule has 6 aromatic carbocycles. The fourth-order valence-electron chi connectivity index (χ4n) is 8.45. The van der Waals surface area contributed by atoms with Gasteiger partial charge in [-0.2, -0.15) is 0 Å². The molecule has 2 aliphatic rings. The van der Waals surface area contributed by atoms with Crippen molar-refractivity contribution in [1.29, 1.82) is 0 Å². The Labute approximate surface area is 293 Å². The van der Waals surface area contributed by atoms with E-state index < -0.39 is 0 Å². The third-order valence-electron chi connectivity index (χ3n) is 11.6. The summed E-state index contributed by atoms with van der Waals surface area (Å²) < 4.78 is 0. The van der Waals surface area contributed by atoms with Gasteiger partial charge in [0.25, 0.3) is 0 Å². The minimum Gasteiger partial charge on any atom is -0.310 e. The molecule has 0 aromatic heterocycles. The fourth-order valence-corrected chi connectivity index (χ4v) is 8.45. The van der Waals surface area contributed by atoms with Crippen molar-refractivity contribution in [2.24, 2.45) is 0 Å². The molecule has 0 amide bonds. The summed E-state index contributed by atoms with van der Waals surface area (Å²) >= 11 is 0. The number of anilines is 3. The largest absolute Gasteiger partial charge is 0.310 e. The van der Waals surface area contributed by atoms with Crippen molar-refractivity contribution in [3.63, 3.8) is 0 Å². The van der Waals surface area contributed by atoms with E-state index in [1.807, 2.05) is 0 Å². The highest BCUT2D eigenvalue weighted by molar-refractivity contribution is 5.92. The Kier molecular flexibility index (Phi) is 6.74. The number of benzene rings is 6. The van der Waals surface area contributed by atoms with Gasteiger partial charge in [-0.25, -0.2) is 0 Å². The van der Waals surface area contributed by atoms with Crippen LogP contribution in [0.25, 0.3) is 33.0 Å². The van der Waals surface area contributed by atoms with Gasteiger partial charge in [0.1, 0.15) is 0 Å². The summed E-state index contributed by atoms with van der Waals surface area (Å²) in [5, 5.41) is 2.54. The molecule has 8 rings (SSSR count). The average Bonchev–Trinajstić information content (AvgIpc) is 3.43. The summed E-state index contributed by atoms with van der Waals surface area (Å²) in [5.74, 6) is 0. The predicted octanol–water partition coefficient (Wildman–Crippen LogP) is 13.5. The first-order valence-electron chi connectivity index (χ1n) is 17.9. The van der Waals surface area contributed by atoms with Gasteiger partial charge in [0.2, 0.25) is 0 Å². The van der Waals surface area contributed by atoms with Crippen LogP contribution in [0.3, 0.4) is 0 Å². The molecule has 0 bridgehead atoms. The van der Waals surface area contributed by atoms with Crippen LogP contribution in [-0.4, -0.2) is 0 Å². The van der Waals surface area contributed by atoms with Crippen LogP contribution >= 0.6 is 0 Å². The van der Waals surface area contributed by atoms with Crippen molar-refractivity contribution in [2.45, 2.75) is 90.9 Å². The van der Waals surface area contributed by atoms with Crippen molar-refractivity contribution in [2.75, 3.05) is 4.90 Å². The van der Waals surface area contributed by atoms with E-state index in [1.54, 1.807) is 0 Å². The van der Waals surface area contributed by atoms with Gasteiger partial charge in [0.15, 0.2) is 0 Å². The van der Waals surface area contributed by atoms with Crippen molar-refractivity contribution in [1.82, 2.24) is 0 Å². The van der Waals surface area contributed by atoms with E-state index in [-0.39, 0.29) is 21.7 Å². The molecule has 0 heterocycles. The molecule has 0 fully saturated rings. The molecule has 1 nitrogen and oxygen atoms in total. The zero-order valence-corrected chi connectivity index (χ0v) is 30.9. The van der Waals surface area contributed by atoms with Gasteiger partial charge in [-0.3, -0.25) is 0 Å². The number of hydrogen-bond acceptors (Lipinski definition) is 1. The maximum Gasteiger partial charge on any atom is 0.0468 e. The highest BCUT2D eigenvalue weighted by Gasteiger charge is 2.38. The monoisotopic (exact) mass is 639 g/mol. The topological polar surface area (TPSA) is 3.24 Å². The summed E-state index contributed by atoms with van der Waals surface area (Å²) in [6, 6.07) is 44.3. The van der Waals surface area contributed by atoms with Crippen LogP contribution in [-0.2, 0) is 21.7 Å². The predicted molar refractivity (Wildman–Crippen MR) is 211 cm³/mol. The van der Waals surface area contributed by atoms with Gasteiger partial charge in [-0.15, -0.1) is 0 Å². The average molecular weight is 640 g/mol. The highest BCUT2D eigenvalue weighted by atomic mass is 15.1. The standard InChI is InChI=1S/C48H49N/c1-45(2,3)32-17-15-31-26-34(19-16-30(31)25-32)49(35-20-23-39-37-13-11-12-14-41(37)47(7,8)43(39)28-35)36-21-24-40-38-22-18-33(46(4,5)6)27-42(38)48(9,10)44(40)29-36/h11-29H,1-10H3.